The first kappa shape index (κ1) is 13.2. The summed E-state index contributed by atoms with van der Waals surface area (Å²) in [5, 5.41) is 3.23. The van der Waals surface area contributed by atoms with E-state index >= 15 is 0 Å². The van der Waals surface area contributed by atoms with Gasteiger partial charge in [-0.3, -0.25) is 0 Å². The molecule has 1 unspecified atom stereocenters. The Hall–Kier alpha value is -1.23. The van der Waals surface area contributed by atoms with Gasteiger partial charge in [-0.05, 0) is 43.0 Å². The predicted octanol–water partition coefficient (Wildman–Crippen LogP) is 3.54. The first-order valence-electron chi connectivity index (χ1n) is 5.93. The van der Waals surface area contributed by atoms with Crippen LogP contribution in [-0.2, 0) is 10.9 Å². The maximum absolute atomic E-state index is 12.4. The van der Waals surface area contributed by atoms with Gasteiger partial charge in [0.15, 0.2) is 0 Å². The van der Waals surface area contributed by atoms with Crippen LogP contribution < -0.4 is 5.32 Å². The average Bonchev–Trinajstić information content (AvgIpc) is 3.12. The van der Waals surface area contributed by atoms with Crippen molar-refractivity contribution >= 4 is 5.69 Å². The van der Waals surface area contributed by atoms with Crippen molar-refractivity contribution in [2.24, 2.45) is 5.92 Å². The lowest BCUT2D eigenvalue weighted by Gasteiger charge is -2.19. The number of nitrogens with one attached hydrogen (secondary N) is 1. The second-order valence-corrected chi connectivity index (χ2v) is 4.62. The van der Waals surface area contributed by atoms with Crippen LogP contribution in [0.2, 0.25) is 0 Å². The summed E-state index contributed by atoms with van der Waals surface area (Å²) >= 11 is 0. The van der Waals surface area contributed by atoms with Crippen LogP contribution in [0.4, 0.5) is 18.9 Å². The second kappa shape index (κ2) is 5.18. The molecule has 1 aliphatic rings. The Morgan fingerprint density at radius 2 is 1.89 bits per heavy atom. The molecule has 0 heterocycles. The summed E-state index contributed by atoms with van der Waals surface area (Å²) < 4.78 is 42.3. The third-order valence-electron chi connectivity index (χ3n) is 3.10. The summed E-state index contributed by atoms with van der Waals surface area (Å²) in [5.74, 6) is 0.576. The number of anilines is 1. The summed E-state index contributed by atoms with van der Waals surface area (Å²) in [5.41, 5.74) is 0.0831. The molecule has 1 aliphatic carbocycles. The van der Waals surface area contributed by atoms with Crippen molar-refractivity contribution in [3.8, 4) is 0 Å². The molecule has 1 N–H and O–H groups in total. The number of ether oxygens (including phenoxy) is 1. The number of hydrogen-bond donors (Lipinski definition) is 1. The highest BCUT2D eigenvalue weighted by molar-refractivity contribution is 5.46. The van der Waals surface area contributed by atoms with E-state index in [0.29, 0.717) is 18.2 Å². The second-order valence-electron chi connectivity index (χ2n) is 4.62. The summed E-state index contributed by atoms with van der Waals surface area (Å²) in [4.78, 5) is 0. The molecule has 1 aromatic carbocycles. The summed E-state index contributed by atoms with van der Waals surface area (Å²) in [7, 11) is 1.63. The van der Waals surface area contributed by atoms with E-state index in [1.54, 1.807) is 7.11 Å². The van der Waals surface area contributed by atoms with Gasteiger partial charge in [-0.1, -0.05) is 0 Å². The van der Waals surface area contributed by atoms with Crippen molar-refractivity contribution in [3.63, 3.8) is 0 Å². The number of hydrogen-bond acceptors (Lipinski definition) is 2. The van der Waals surface area contributed by atoms with Crippen molar-refractivity contribution in [1.29, 1.82) is 0 Å². The normalized spacial score (nSPS) is 17.6. The van der Waals surface area contributed by atoms with Crippen molar-refractivity contribution < 1.29 is 17.9 Å². The van der Waals surface area contributed by atoms with Crippen LogP contribution in [0.25, 0.3) is 0 Å². The van der Waals surface area contributed by atoms with Gasteiger partial charge in [-0.25, -0.2) is 0 Å². The van der Waals surface area contributed by atoms with E-state index in [1.807, 2.05) is 0 Å². The number of methoxy groups -OCH3 is 1. The van der Waals surface area contributed by atoms with Gasteiger partial charge >= 0.3 is 6.18 Å². The zero-order valence-electron chi connectivity index (χ0n) is 10.1. The monoisotopic (exact) mass is 259 g/mol. The SMILES string of the molecule is COCC(Nc1ccc(C(F)(F)F)cc1)C1CC1. The van der Waals surface area contributed by atoms with E-state index in [1.165, 1.54) is 12.1 Å². The van der Waals surface area contributed by atoms with E-state index in [4.69, 9.17) is 4.74 Å². The van der Waals surface area contributed by atoms with Crippen molar-refractivity contribution in [2.75, 3.05) is 19.0 Å². The molecular weight excluding hydrogens is 243 g/mol. The van der Waals surface area contributed by atoms with Crippen LogP contribution in [0.5, 0.6) is 0 Å². The Morgan fingerprint density at radius 3 is 2.33 bits per heavy atom. The molecule has 1 atom stereocenters. The Kier molecular flexibility index (Phi) is 3.80. The lowest BCUT2D eigenvalue weighted by molar-refractivity contribution is -0.137. The van der Waals surface area contributed by atoms with Crippen LogP contribution >= 0.6 is 0 Å². The van der Waals surface area contributed by atoms with Crippen molar-refractivity contribution in [2.45, 2.75) is 25.1 Å². The van der Waals surface area contributed by atoms with Gasteiger partial charge in [0.1, 0.15) is 0 Å². The Bertz CT molecular complexity index is 384. The third-order valence-corrected chi connectivity index (χ3v) is 3.10. The van der Waals surface area contributed by atoms with Gasteiger partial charge in [0.2, 0.25) is 0 Å². The minimum absolute atomic E-state index is 0.187. The van der Waals surface area contributed by atoms with Crippen LogP contribution in [-0.4, -0.2) is 19.8 Å². The van der Waals surface area contributed by atoms with Gasteiger partial charge in [0, 0.05) is 12.8 Å². The Labute approximate surface area is 104 Å². The van der Waals surface area contributed by atoms with E-state index in [-0.39, 0.29) is 6.04 Å². The fourth-order valence-corrected chi connectivity index (χ4v) is 1.94. The summed E-state index contributed by atoms with van der Waals surface area (Å²) in [6.07, 6.45) is -1.97. The van der Waals surface area contributed by atoms with E-state index in [9.17, 15) is 13.2 Å². The standard InChI is InChI=1S/C13H16F3NO/c1-18-8-12(9-2-3-9)17-11-6-4-10(5-7-11)13(14,15)16/h4-7,9,12,17H,2-3,8H2,1H3. The zero-order chi connectivity index (χ0) is 13.2. The molecule has 0 saturated heterocycles. The summed E-state index contributed by atoms with van der Waals surface area (Å²) in [6.45, 7) is 0.575. The lowest BCUT2D eigenvalue weighted by atomic mass is 10.1. The van der Waals surface area contributed by atoms with Gasteiger partial charge in [-0.15, -0.1) is 0 Å². The van der Waals surface area contributed by atoms with Gasteiger partial charge in [0.05, 0.1) is 18.2 Å². The molecule has 0 aliphatic heterocycles. The van der Waals surface area contributed by atoms with E-state index in [2.05, 4.69) is 5.32 Å². The van der Waals surface area contributed by atoms with E-state index in [0.717, 1.165) is 25.0 Å². The lowest BCUT2D eigenvalue weighted by Crippen LogP contribution is -2.27. The molecule has 0 radical (unpaired) electrons. The number of benzene rings is 1. The maximum Gasteiger partial charge on any atom is 0.416 e. The molecule has 0 spiro atoms. The zero-order valence-corrected chi connectivity index (χ0v) is 10.1. The Morgan fingerprint density at radius 1 is 1.28 bits per heavy atom. The molecule has 2 nitrogen and oxygen atoms in total. The minimum atomic E-state index is -4.28. The third kappa shape index (κ3) is 3.38. The maximum atomic E-state index is 12.4. The molecule has 1 saturated carbocycles. The van der Waals surface area contributed by atoms with Gasteiger partial charge in [0.25, 0.3) is 0 Å². The quantitative estimate of drug-likeness (QED) is 0.873. The molecule has 100 valence electrons. The molecule has 0 amide bonds. The summed E-state index contributed by atoms with van der Waals surface area (Å²) in [6, 6.07) is 5.31. The fraction of sp³-hybridized carbons (Fsp3) is 0.538. The van der Waals surface area contributed by atoms with Crippen LogP contribution in [0.15, 0.2) is 24.3 Å². The largest absolute Gasteiger partial charge is 0.416 e. The van der Waals surface area contributed by atoms with Crippen LogP contribution in [0.3, 0.4) is 0 Å². The van der Waals surface area contributed by atoms with Crippen LogP contribution in [0.1, 0.15) is 18.4 Å². The average molecular weight is 259 g/mol. The number of rotatable bonds is 5. The topological polar surface area (TPSA) is 21.3 Å². The first-order valence-corrected chi connectivity index (χ1v) is 5.93. The van der Waals surface area contributed by atoms with Gasteiger partial charge in [-0.2, -0.15) is 13.2 Å². The number of halogens is 3. The molecule has 0 aromatic heterocycles. The molecule has 5 heteroatoms. The Balaban J connectivity index is 2.00. The molecule has 18 heavy (non-hydrogen) atoms. The first-order chi connectivity index (χ1) is 8.50. The molecular formula is C13H16F3NO. The molecule has 0 bridgehead atoms. The van der Waals surface area contributed by atoms with Crippen molar-refractivity contribution in [1.82, 2.24) is 0 Å². The van der Waals surface area contributed by atoms with Crippen LogP contribution in [0, 0.1) is 5.92 Å². The van der Waals surface area contributed by atoms with E-state index < -0.39 is 11.7 Å². The smallest absolute Gasteiger partial charge is 0.383 e. The fourth-order valence-electron chi connectivity index (χ4n) is 1.94. The van der Waals surface area contributed by atoms with Gasteiger partial charge < -0.3 is 10.1 Å². The highest BCUT2D eigenvalue weighted by atomic mass is 19.4. The van der Waals surface area contributed by atoms with Crippen molar-refractivity contribution in [3.05, 3.63) is 29.8 Å². The molecule has 2 rings (SSSR count). The predicted molar refractivity (Wildman–Crippen MR) is 63.5 cm³/mol. The minimum Gasteiger partial charge on any atom is -0.383 e. The highest BCUT2D eigenvalue weighted by Gasteiger charge is 2.32. The number of alkyl halides is 3. The highest BCUT2D eigenvalue weighted by Crippen LogP contribution is 2.35. The molecule has 1 aromatic rings. The molecule has 1 fully saturated rings.